The van der Waals surface area contributed by atoms with Gasteiger partial charge in [0, 0.05) is 19.2 Å². The van der Waals surface area contributed by atoms with Crippen molar-refractivity contribution in [3.05, 3.63) is 33.9 Å². The average Bonchev–Trinajstić information content (AvgIpc) is 2.45. The monoisotopic (exact) mass is 304 g/mol. The average molecular weight is 304 g/mol. The van der Waals surface area contributed by atoms with Gasteiger partial charge in [0.05, 0.1) is 17.4 Å². The topological polar surface area (TPSA) is 66.6 Å². The molecule has 1 saturated heterocycles. The molecule has 116 valence electrons. The number of aliphatic hydroxyl groups is 1. The molecule has 1 aromatic rings. The van der Waals surface area contributed by atoms with Gasteiger partial charge < -0.3 is 10.0 Å². The van der Waals surface area contributed by atoms with Crippen LogP contribution in [0.1, 0.15) is 18.4 Å². The Morgan fingerprint density at radius 1 is 1.43 bits per heavy atom. The van der Waals surface area contributed by atoms with E-state index in [1.807, 2.05) is 0 Å². The minimum atomic E-state index is -4.29. The smallest absolute Gasteiger partial charge is 0.392 e. The van der Waals surface area contributed by atoms with Crippen LogP contribution in [0.2, 0.25) is 0 Å². The number of benzene rings is 1. The molecule has 0 bridgehead atoms. The Morgan fingerprint density at radius 2 is 2.14 bits per heavy atom. The summed E-state index contributed by atoms with van der Waals surface area (Å²) >= 11 is 0. The summed E-state index contributed by atoms with van der Waals surface area (Å²) in [6.07, 6.45) is -3.91. The molecule has 8 heteroatoms. The fourth-order valence-corrected chi connectivity index (χ4v) is 2.54. The Bertz CT molecular complexity index is 534. The van der Waals surface area contributed by atoms with E-state index in [1.165, 1.54) is 23.1 Å². The van der Waals surface area contributed by atoms with E-state index in [0.29, 0.717) is 18.5 Å². The van der Waals surface area contributed by atoms with Crippen LogP contribution in [0.15, 0.2) is 18.2 Å². The van der Waals surface area contributed by atoms with Crippen LogP contribution in [0, 0.1) is 16.0 Å². The van der Waals surface area contributed by atoms with Crippen molar-refractivity contribution in [3.8, 4) is 0 Å². The minimum absolute atomic E-state index is 0.0442. The standard InChI is InChI=1S/C13H15F3N2O3/c14-13(15,16)10-2-1-5-17(7-10)11-4-3-9(8-19)6-12(11)18(20)21/h3-4,6,10,19H,1-2,5,7-8H2. The number of alkyl halides is 3. The Labute approximate surface area is 119 Å². The predicted octanol–water partition coefficient (Wildman–Crippen LogP) is 2.87. The largest absolute Gasteiger partial charge is 0.393 e. The van der Waals surface area contributed by atoms with Crippen LogP contribution >= 0.6 is 0 Å². The van der Waals surface area contributed by atoms with E-state index >= 15 is 0 Å². The zero-order valence-electron chi connectivity index (χ0n) is 11.1. The molecule has 0 amide bonds. The second kappa shape index (κ2) is 5.88. The van der Waals surface area contributed by atoms with Gasteiger partial charge in [0.15, 0.2) is 0 Å². The molecule has 0 saturated carbocycles. The molecule has 2 rings (SSSR count). The highest BCUT2D eigenvalue weighted by atomic mass is 19.4. The molecule has 1 aliphatic rings. The van der Waals surface area contributed by atoms with Crippen molar-refractivity contribution in [1.82, 2.24) is 0 Å². The van der Waals surface area contributed by atoms with Gasteiger partial charge in [-0.25, -0.2) is 0 Å². The second-order valence-electron chi connectivity index (χ2n) is 5.07. The van der Waals surface area contributed by atoms with E-state index < -0.39 is 17.0 Å². The van der Waals surface area contributed by atoms with Crippen molar-refractivity contribution < 1.29 is 23.2 Å². The second-order valence-corrected chi connectivity index (χ2v) is 5.07. The van der Waals surface area contributed by atoms with Crippen LogP contribution in [0.4, 0.5) is 24.5 Å². The van der Waals surface area contributed by atoms with Crippen LogP contribution in [0.5, 0.6) is 0 Å². The summed E-state index contributed by atoms with van der Waals surface area (Å²) in [7, 11) is 0. The first kappa shape index (κ1) is 15.6. The number of anilines is 1. The molecule has 1 N–H and O–H groups in total. The summed E-state index contributed by atoms with van der Waals surface area (Å²) in [5.41, 5.74) is 0.255. The molecule has 0 aliphatic carbocycles. The van der Waals surface area contributed by atoms with Crippen LogP contribution in [-0.2, 0) is 6.61 Å². The Kier molecular flexibility index (Phi) is 4.36. The molecule has 0 spiro atoms. The minimum Gasteiger partial charge on any atom is -0.392 e. The van der Waals surface area contributed by atoms with Crippen molar-refractivity contribution in [1.29, 1.82) is 0 Å². The van der Waals surface area contributed by atoms with Gasteiger partial charge in [-0.05, 0) is 24.5 Å². The summed E-state index contributed by atoms with van der Waals surface area (Å²) in [4.78, 5) is 11.9. The van der Waals surface area contributed by atoms with Crippen LogP contribution in [0.25, 0.3) is 0 Å². The third-order valence-electron chi connectivity index (χ3n) is 3.64. The Morgan fingerprint density at radius 3 is 2.71 bits per heavy atom. The maximum absolute atomic E-state index is 12.8. The summed E-state index contributed by atoms with van der Waals surface area (Å²) in [6.45, 7) is -0.277. The zero-order valence-corrected chi connectivity index (χ0v) is 11.1. The SMILES string of the molecule is O=[N+]([O-])c1cc(CO)ccc1N1CCCC(C(F)(F)F)C1. The molecule has 1 fully saturated rings. The molecule has 1 aliphatic heterocycles. The van der Waals surface area contributed by atoms with Crippen LogP contribution in [-0.4, -0.2) is 29.3 Å². The number of hydrogen-bond acceptors (Lipinski definition) is 4. The van der Waals surface area contributed by atoms with E-state index in [1.54, 1.807) is 0 Å². The van der Waals surface area contributed by atoms with Gasteiger partial charge in [-0.2, -0.15) is 13.2 Å². The third kappa shape index (κ3) is 3.44. The molecular formula is C13H15F3N2O3. The first-order valence-corrected chi connectivity index (χ1v) is 6.52. The number of hydrogen-bond donors (Lipinski definition) is 1. The number of halogens is 3. The predicted molar refractivity (Wildman–Crippen MR) is 70.0 cm³/mol. The van der Waals surface area contributed by atoms with Gasteiger partial charge >= 0.3 is 6.18 Å². The lowest BCUT2D eigenvalue weighted by molar-refractivity contribution is -0.384. The molecule has 0 aromatic heterocycles. The third-order valence-corrected chi connectivity index (χ3v) is 3.64. The van der Waals surface area contributed by atoms with Gasteiger partial charge in [-0.3, -0.25) is 10.1 Å². The number of nitro benzene ring substituents is 1. The van der Waals surface area contributed by atoms with Crippen molar-refractivity contribution >= 4 is 11.4 Å². The quantitative estimate of drug-likeness (QED) is 0.689. The molecule has 1 heterocycles. The molecule has 21 heavy (non-hydrogen) atoms. The van der Waals surface area contributed by atoms with Crippen LogP contribution < -0.4 is 4.90 Å². The normalized spacial score (nSPS) is 19.6. The molecule has 5 nitrogen and oxygen atoms in total. The zero-order chi connectivity index (χ0) is 15.6. The summed E-state index contributed by atoms with van der Waals surface area (Å²) < 4.78 is 38.4. The fourth-order valence-electron chi connectivity index (χ4n) is 2.54. The molecule has 1 unspecified atom stereocenters. The highest BCUT2D eigenvalue weighted by Gasteiger charge is 2.42. The first-order chi connectivity index (χ1) is 9.82. The maximum atomic E-state index is 12.8. The van der Waals surface area contributed by atoms with Gasteiger partial charge in [-0.1, -0.05) is 6.07 Å². The molecule has 1 atom stereocenters. The number of rotatable bonds is 3. The van der Waals surface area contributed by atoms with Gasteiger partial charge in [0.25, 0.3) is 5.69 Å². The highest BCUT2D eigenvalue weighted by molar-refractivity contribution is 5.64. The molecule has 0 radical (unpaired) electrons. The fraction of sp³-hybridized carbons (Fsp3) is 0.538. The number of nitro groups is 1. The van der Waals surface area contributed by atoms with E-state index in [9.17, 15) is 23.3 Å². The van der Waals surface area contributed by atoms with Crippen molar-refractivity contribution in [2.24, 2.45) is 5.92 Å². The van der Waals surface area contributed by atoms with Crippen LogP contribution in [0.3, 0.4) is 0 Å². The summed E-state index contributed by atoms with van der Waals surface area (Å²) in [6, 6.07) is 4.09. The Hall–Kier alpha value is -1.83. The lowest BCUT2D eigenvalue weighted by Crippen LogP contribution is -2.42. The first-order valence-electron chi connectivity index (χ1n) is 6.52. The molecular weight excluding hydrogens is 289 g/mol. The maximum Gasteiger partial charge on any atom is 0.393 e. The van der Waals surface area contributed by atoms with Gasteiger partial charge in [0.2, 0.25) is 0 Å². The van der Waals surface area contributed by atoms with Gasteiger partial charge in [0.1, 0.15) is 5.69 Å². The van der Waals surface area contributed by atoms with E-state index in [-0.39, 0.29) is 30.9 Å². The molecule has 1 aromatic carbocycles. The number of nitrogens with zero attached hydrogens (tertiary/aromatic N) is 2. The highest BCUT2D eigenvalue weighted by Crippen LogP contribution is 2.37. The van der Waals surface area contributed by atoms with Gasteiger partial charge in [-0.15, -0.1) is 0 Å². The summed E-state index contributed by atoms with van der Waals surface area (Å²) in [5, 5.41) is 20.1. The van der Waals surface area contributed by atoms with Crippen molar-refractivity contribution in [2.75, 3.05) is 18.0 Å². The lowest BCUT2D eigenvalue weighted by atomic mass is 9.96. The lowest BCUT2D eigenvalue weighted by Gasteiger charge is -2.35. The number of piperidine rings is 1. The van der Waals surface area contributed by atoms with E-state index in [0.717, 1.165) is 0 Å². The summed E-state index contributed by atoms with van der Waals surface area (Å²) in [5.74, 6) is -1.47. The number of aliphatic hydroxyl groups excluding tert-OH is 1. The van der Waals surface area contributed by atoms with Crippen molar-refractivity contribution in [2.45, 2.75) is 25.6 Å². The van der Waals surface area contributed by atoms with Crippen molar-refractivity contribution in [3.63, 3.8) is 0 Å². The Balaban J connectivity index is 2.30. The van der Waals surface area contributed by atoms with E-state index in [2.05, 4.69) is 0 Å². The van der Waals surface area contributed by atoms with E-state index in [4.69, 9.17) is 5.11 Å².